The molecule has 0 saturated heterocycles. The molecule has 3 rings (SSSR count). The Bertz CT molecular complexity index is 325. The lowest BCUT2D eigenvalue weighted by molar-refractivity contribution is -0.149. The van der Waals surface area contributed by atoms with Gasteiger partial charge in [-0.15, -0.1) is 0 Å². The van der Waals surface area contributed by atoms with Gasteiger partial charge >= 0.3 is 0 Å². The average molecular weight is 222 g/mol. The molecule has 0 amide bonds. The summed E-state index contributed by atoms with van der Waals surface area (Å²) in [4.78, 5) is 12.0. The maximum absolute atomic E-state index is 12.0. The van der Waals surface area contributed by atoms with Gasteiger partial charge < -0.3 is 5.11 Å². The van der Waals surface area contributed by atoms with E-state index >= 15 is 0 Å². The molecule has 0 aliphatic heterocycles. The van der Waals surface area contributed by atoms with Gasteiger partial charge in [0.15, 0.2) is 0 Å². The summed E-state index contributed by atoms with van der Waals surface area (Å²) >= 11 is 0. The van der Waals surface area contributed by atoms with Crippen LogP contribution in [0.2, 0.25) is 0 Å². The lowest BCUT2D eigenvalue weighted by atomic mass is 9.54. The Morgan fingerprint density at radius 1 is 1.12 bits per heavy atom. The van der Waals surface area contributed by atoms with Crippen LogP contribution < -0.4 is 0 Å². The lowest BCUT2D eigenvalue weighted by Gasteiger charge is -2.52. The molecule has 2 heteroatoms. The van der Waals surface area contributed by atoms with Crippen LogP contribution in [0.5, 0.6) is 0 Å². The number of hydrogen-bond donors (Lipinski definition) is 1. The first-order valence-electron chi connectivity index (χ1n) is 6.82. The third-order valence-electron chi connectivity index (χ3n) is 5.77. The summed E-state index contributed by atoms with van der Waals surface area (Å²) in [5.41, 5.74) is -0.513. The first kappa shape index (κ1) is 10.8. The number of carbonyl (C=O) groups excluding carboxylic acids is 1. The topological polar surface area (TPSA) is 37.3 Å². The van der Waals surface area contributed by atoms with Crippen molar-refractivity contribution in [2.45, 2.75) is 63.9 Å². The summed E-state index contributed by atoms with van der Waals surface area (Å²) in [7, 11) is 0. The lowest BCUT2D eigenvalue weighted by Crippen LogP contribution is -2.53. The SMILES string of the molecule is CC12CCC3(O)CCCCC3C1CCC2=O. The predicted molar refractivity (Wildman–Crippen MR) is 62.0 cm³/mol. The van der Waals surface area contributed by atoms with E-state index in [4.69, 9.17) is 0 Å². The fourth-order valence-corrected chi connectivity index (χ4v) is 4.68. The number of carbonyl (C=O) groups is 1. The third kappa shape index (κ3) is 1.25. The van der Waals surface area contributed by atoms with E-state index in [1.807, 2.05) is 0 Å². The van der Waals surface area contributed by atoms with Gasteiger partial charge in [0.2, 0.25) is 0 Å². The molecule has 0 aromatic carbocycles. The van der Waals surface area contributed by atoms with Crippen molar-refractivity contribution < 1.29 is 9.90 Å². The Morgan fingerprint density at radius 3 is 2.75 bits per heavy atom. The largest absolute Gasteiger partial charge is 0.390 e. The molecule has 4 unspecified atom stereocenters. The van der Waals surface area contributed by atoms with Crippen molar-refractivity contribution in [3.05, 3.63) is 0 Å². The quantitative estimate of drug-likeness (QED) is 0.684. The van der Waals surface area contributed by atoms with E-state index < -0.39 is 5.60 Å². The average Bonchev–Trinajstić information content (AvgIpc) is 2.56. The molecule has 16 heavy (non-hydrogen) atoms. The molecule has 2 nitrogen and oxygen atoms in total. The van der Waals surface area contributed by atoms with Crippen molar-refractivity contribution >= 4 is 5.78 Å². The van der Waals surface area contributed by atoms with Crippen LogP contribution in [0.1, 0.15) is 58.3 Å². The highest BCUT2D eigenvalue weighted by Gasteiger charge is 2.58. The van der Waals surface area contributed by atoms with Crippen molar-refractivity contribution in [1.29, 1.82) is 0 Å². The predicted octanol–water partition coefficient (Wildman–Crippen LogP) is 2.69. The van der Waals surface area contributed by atoms with Crippen LogP contribution in [0.4, 0.5) is 0 Å². The number of rotatable bonds is 0. The number of ketones is 1. The van der Waals surface area contributed by atoms with E-state index in [0.29, 0.717) is 17.6 Å². The molecule has 0 spiro atoms. The van der Waals surface area contributed by atoms with Gasteiger partial charge in [0.1, 0.15) is 5.78 Å². The second-order valence-electron chi connectivity index (χ2n) is 6.44. The van der Waals surface area contributed by atoms with Crippen LogP contribution >= 0.6 is 0 Å². The summed E-state index contributed by atoms with van der Waals surface area (Å²) in [5, 5.41) is 10.7. The van der Waals surface area contributed by atoms with Gasteiger partial charge in [-0.25, -0.2) is 0 Å². The molecule has 3 fully saturated rings. The Kier molecular flexibility index (Phi) is 2.23. The fraction of sp³-hybridized carbons (Fsp3) is 0.929. The van der Waals surface area contributed by atoms with E-state index in [0.717, 1.165) is 38.5 Å². The van der Waals surface area contributed by atoms with Gasteiger partial charge in [-0.2, -0.15) is 0 Å². The highest BCUT2D eigenvalue weighted by atomic mass is 16.3. The van der Waals surface area contributed by atoms with Crippen molar-refractivity contribution in [3.63, 3.8) is 0 Å². The molecule has 0 bridgehead atoms. The van der Waals surface area contributed by atoms with Gasteiger partial charge in [0, 0.05) is 11.8 Å². The van der Waals surface area contributed by atoms with Crippen LogP contribution in [0.3, 0.4) is 0 Å². The minimum absolute atomic E-state index is 0.0891. The number of Topliss-reactive ketones (excluding diaryl/α,β-unsaturated/α-hetero) is 1. The standard InChI is InChI=1S/C14H22O2/c1-13-8-9-14(16)7-3-2-4-11(14)10(13)5-6-12(13)15/h10-11,16H,2-9H2,1H3. The molecule has 3 aliphatic rings. The Balaban J connectivity index is 1.94. The van der Waals surface area contributed by atoms with Crippen molar-refractivity contribution in [1.82, 2.24) is 0 Å². The molecule has 0 aromatic rings. The zero-order valence-corrected chi connectivity index (χ0v) is 10.2. The molecular weight excluding hydrogens is 200 g/mol. The minimum Gasteiger partial charge on any atom is -0.390 e. The highest BCUT2D eigenvalue weighted by Crippen LogP contribution is 2.58. The number of aliphatic hydroxyl groups is 1. The Hall–Kier alpha value is -0.370. The third-order valence-corrected chi connectivity index (χ3v) is 5.77. The molecule has 1 N–H and O–H groups in total. The van der Waals surface area contributed by atoms with Crippen LogP contribution in [0.25, 0.3) is 0 Å². The maximum Gasteiger partial charge on any atom is 0.139 e. The highest BCUT2D eigenvalue weighted by molar-refractivity contribution is 5.87. The molecule has 3 saturated carbocycles. The van der Waals surface area contributed by atoms with Crippen molar-refractivity contribution in [3.8, 4) is 0 Å². The first-order chi connectivity index (χ1) is 7.56. The molecule has 0 aromatic heterocycles. The second kappa shape index (κ2) is 3.32. The van der Waals surface area contributed by atoms with E-state index in [1.54, 1.807) is 0 Å². The van der Waals surface area contributed by atoms with E-state index in [-0.39, 0.29) is 5.41 Å². The first-order valence-corrected chi connectivity index (χ1v) is 6.82. The van der Waals surface area contributed by atoms with E-state index in [1.165, 1.54) is 12.8 Å². The second-order valence-corrected chi connectivity index (χ2v) is 6.44. The van der Waals surface area contributed by atoms with E-state index in [9.17, 15) is 9.90 Å². The summed E-state index contributed by atoms with van der Waals surface area (Å²) in [6, 6.07) is 0. The monoisotopic (exact) mass is 222 g/mol. The van der Waals surface area contributed by atoms with Crippen LogP contribution in [-0.2, 0) is 4.79 Å². The van der Waals surface area contributed by atoms with Gasteiger partial charge in [-0.1, -0.05) is 19.8 Å². The number of fused-ring (bicyclic) bond motifs is 3. The molecule has 90 valence electrons. The minimum atomic E-state index is -0.424. The molecular formula is C14H22O2. The van der Waals surface area contributed by atoms with Crippen molar-refractivity contribution in [2.75, 3.05) is 0 Å². The maximum atomic E-state index is 12.0. The summed E-state index contributed by atoms with van der Waals surface area (Å²) in [6.07, 6.45) is 8.09. The summed E-state index contributed by atoms with van der Waals surface area (Å²) in [6.45, 7) is 2.15. The normalized spacial score (nSPS) is 52.2. The van der Waals surface area contributed by atoms with Crippen LogP contribution in [0.15, 0.2) is 0 Å². The van der Waals surface area contributed by atoms with Gasteiger partial charge in [0.25, 0.3) is 0 Å². The zero-order valence-electron chi connectivity index (χ0n) is 10.2. The summed E-state index contributed by atoms with van der Waals surface area (Å²) < 4.78 is 0. The van der Waals surface area contributed by atoms with Crippen LogP contribution in [-0.4, -0.2) is 16.5 Å². The Morgan fingerprint density at radius 2 is 1.94 bits per heavy atom. The molecule has 4 atom stereocenters. The fourth-order valence-electron chi connectivity index (χ4n) is 4.68. The van der Waals surface area contributed by atoms with Gasteiger partial charge in [-0.3, -0.25) is 4.79 Å². The smallest absolute Gasteiger partial charge is 0.139 e. The van der Waals surface area contributed by atoms with Gasteiger partial charge in [0.05, 0.1) is 5.60 Å². The molecule has 3 aliphatic carbocycles. The van der Waals surface area contributed by atoms with E-state index in [2.05, 4.69) is 6.92 Å². The van der Waals surface area contributed by atoms with Crippen molar-refractivity contribution in [2.24, 2.45) is 17.3 Å². The number of hydrogen-bond acceptors (Lipinski definition) is 2. The molecule has 0 heterocycles. The summed E-state index contributed by atoms with van der Waals surface area (Å²) in [5.74, 6) is 1.34. The van der Waals surface area contributed by atoms with Gasteiger partial charge in [-0.05, 0) is 43.9 Å². The van der Waals surface area contributed by atoms with Crippen LogP contribution in [0, 0.1) is 17.3 Å². The zero-order chi connectivity index (χ0) is 11.4. The molecule has 0 radical (unpaired) electrons. The Labute approximate surface area is 97.4 Å².